The van der Waals surface area contributed by atoms with Crippen molar-refractivity contribution < 1.29 is 14.3 Å². The zero-order chi connectivity index (χ0) is 17.8. The zero-order valence-electron chi connectivity index (χ0n) is 14.9. The highest BCUT2D eigenvalue weighted by Crippen LogP contribution is 2.56. The number of ether oxygens (including phenoxy) is 2. The number of anilines is 2. The number of amides is 1. The Labute approximate surface area is 147 Å². The topological polar surface area (TPSA) is 42.0 Å². The smallest absolute Gasteiger partial charge is 0.246 e. The average Bonchev–Trinajstić information content (AvgIpc) is 3.05. The largest absolute Gasteiger partial charge is 0.497 e. The highest BCUT2D eigenvalue weighted by molar-refractivity contribution is 6.13. The number of para-hydroxylation sites is 1. The van der Waals surface area contributed by atoms with Crippen LogP contribution < -0.4 is 14.5 Å². The SMILES string of the molecule is CCN1C(=O)C2(c3ccccc31)c1ccc(OC)cc1N(C)[C@@H]2OC. The van der Waals surface area contributed by atoms with Gasteiger partial charge in [-0.25, -0.2) is 0 Å². The second-order valence-electron chi connectivity index (χ2n) is 6.46. The number of carbonyl (C=O) groups excluding carboxylic acids is 1. The summed E-state index contributed by atoms with van der Waals surface area (Å²) in [5.74, 6) is 0.836. The maximum Gasteiger partial charge on any atom is 0.246 e. The molecule has 1 spiro atoms. The van der Waals surface area contributed by atoms with Crippen LogP contribution in [0.4, 0.5) is 11.4 Å². The van der Waals surface area contributed by atoms with Gasteiger partial charge in [0.1, 0.15) is 11.2 Å². The summed E-state index contributed by atoms with van der Waals surface area (Å²) in [5.41, 5.74) is 3.06. The fraction of sp³-hybridized carbons (Fsp3) is 0.350. The zero-order valence-corrected chi connectivity index (χ0v) is 14.9. The Balaban J connectivity index is 2.05. The third-order valence-electron chi connectivity index (χ3n) is 5.47. The summed E-state index contributed by atoms with van der Waals surface area (Å²) < 4.78 is 11.3. The van der Waals surface area contributed by atoms with Crippen molar-refractivity contribution in [3.63, 3.8) is 0 Å². The number of likely N-dealkylation sites (N-methyl/N-ethyl adjacent to an activating group) is 2. The summed E-state index contributed by atoms with van der Waals surface area (Å²) in [7, 11) is 5.28. The van der Waals surface area contributed by atoms with Crippen LogP contribution in [0.3, 0.4) is 0 Å². The van der Waals surface area contributed by atoms with Crippen molar-refractivity contribution in [2.45, 2.75) is 18.6 Å². The Morgan fingerprint density at radius 2 is 1.80 bits per heavy atom. The summed E-state index contributed by atoms with van der Waals surface area (Å²) in [6.07, 6.45) is -0.403. The normalized spacial score (nSPS) is 24.0. The van der Waals surface area contributed by atoms with Gasteiger partial charge >= 0.3 is 0 Å². The molecule has 2 aliphatic rings. The summed E-state index contributed by atoms with van der Waals surface area (Å²) in [6.45, 7) is 2.63. The van der Waals surface area contributed by atoms with Gasteiger partial charge in [0, 0.05) is 49.3 Å². The van der Waals surface area contributed by atoms with Crippen LogP contribution >= 0.6 is 0 Å². The highest BCUT2D eigenvalue weighted by atomic mass is 16.5. The van der Waals surface area contributed by atoms with Crippen molar-refractivity contribution >= 4 is 17.3 Å². The molecule has 130 valence electrons. The van der Waals surface area contributed by atoms with Gasteiger partial charge in [-0.3, -0.25) is 4.79 Å². The maximum atomic E-state index is 13.6. The molecule has 1 amide bonds. The lowest BCUT2D eigenvalue weighted by molar-refractivity contribution is -0.125. The van der Waals surface area contributed by atoms with E-state index in [0.717, 1.165) is 28.3 Å². The molecule has 2 aliphatic heterocycles. The minimum Gasteiger partial charge on any atom is -0.497 e. The van der Waals surface area contributed by atoms with E-state index < -0.39 is 11.6 Å². The molecule has 2 atom stereocenters. The summed E-state index contributed by atoms with van der Waals surface area (Å²) in [6, 6.07) is 13.9. The number of carbonyl (C=O) groups is 1. The van der Waals surface area contributed by atoms with E-state index in [2.05, 4.69) is 0 Å². The molecule has 25 heavy (non-hydrogen) atoms. The molecule has 4 rings (SSSR count). The quantitative estimate of drug-likeness (QED) is 0.863. The summed E-state index contributed by atoms with van der Waals surface area (Å²) in [4.78, 5) is 17.5. The Bertz CT molecular complexity index is 851. The standard InChI is InChI=1S/C20H22N2O3/c1-5-22-16-9-7-6-8-14(16)20(18(22)23)15-11-10-13(24-3)12-17(15)21(2)19(20)25-4/h6-12,19H,5H2,1-4H3/t19-,20?/m1/s1. The van der Waals surface area contributed by atoms with Gasteiger partial charge in [0.25, 0.3) is 0 Å². The first-order chi connectivity index (χ1) is 12.1. The van der Waals surface area contributed by atoms with E-state index in [9.17, 15) is 4.79 Å². The number of methoxy groups -OCH3 is 2. The van der Waals surface area contributed by atoms with Crippen LogP contribution in [0.5, 0.6) is 5.75 Å². The van der Waals surface area contributed by atoms with E-state index in [1.807, 2.05) is 66.2 Å². The Morgan fingerprint density at radius 3 is 2.48 bits per heavy atom. The van der Waals surface area contributed by atoms with E-state index in [-0.39, 0.29) is 5.91 Å². The van der Waals surface area contributed by atoms with Gasteiger partial charge in [-0.15, -0.1) is 0 Å². The molecule has 5 nitrogen and oxygen atoms in total. The first kappa shape index (κ1) is 16.0. The minimum atomic E-state index is -0.849. The molecular formula is C20H22N2O3. The second-order valence-corrected chi connectivity index (χ2v) is 6.46. The average molecular weight is 338 g/mol. The van der Waals surface area contributed by atoms with Crippen LogP contribution in [0.25, 0.3) is 0 Å². The van der Waals surface area contributed by atoms with E-state index in [1.54, 1.807) is 14.2 Å². The molecular weight excluding hydrogens is 316 g/mol. The summed E-state index contributed by atoms with van der Waals surface area (Å²) in [5, 5.41) is 0. The molecule has 0 saturated heterocycles. The van der Waals surface area contributed by atoms with E-state index in [4.69, 9.17) is 9.47 Å². The first-order valence-electron chi connectivity index (χ1n) is 8.46. The predicted octanol–water partition coefficient (Wildman–Crippen LogP) is 2.77. The molecule has 1 unspecified atom stereocenters. The molecule has 2 aromatic rings. The van der Waals surface area contributed by atoms with E-state index in [0.29, 0.717) is 6.54 Å². The third-order valence-corrected chi connectivity index (χ3v) is 5.47. The second kappa shape index (κ2) is 5.49. The number of nitrogens with zero attached hydrogens (tertiary/aromatic N) is 2. The predicted molar refractivity (Wildman–Crippen MR) is 97.4 cm³/mol. The summed E-state index contributed by atoms with van der Waals surface area (Å²) >= 11 is 0. The van der Waals surface area contributed by atoms with Gasteiger partial charge in [-0.1, -0.05) is 24.3 Å². The molecule has 0 saturated carbocycles. The molecule has 0 N–H and O–H groups in total. The van der Waals surface area contributed by atoms with Gasteiger partial charge in [-0.05, 0) is 19.1 Å². The third kappa shape index (κ3) is 1.79. The highest BCUT2D eigenvalue weighted by Gasteiger charge is 2.62. The van der Waals surface area contributed by atoms with Crippen molar-refractivity contribution in [1.29, 1.82) is 0 Å². The fourth-order valence-electron chi connectivity index (χ4n) is 4.44. The Morgan fingerprint density at radius 1 is 1.08 bits per heavy atom. The van der Waals surface area contributed by atoms with Gasteiger partial charge in [-0.2, -0.15) is 0 Å². The molecule has 0 aromatic heterocycles. The van der Waals surface area contributed by atoms with Crippen LogP contribution in [0.1, 0.15) is 18.1 Å². The molecule has 2 aromatic carbocycles. The Kier molecular flexibility index (Phi) is 3.51. The molecule has 2 heterocycles. The number of fused-ring (bicyclic) bond motifs is 4. The van der Waals surface area contributed by atoms with Crippen LogP contribution in [-0.4, -0.2) is 39.9 Å². The first-order valence-corrected chi connectivity index (χ1v) is 8.46. The molecule has 0 fully saturated rings. The lowest BCUT2D eigenvalue weighted by Gasteiger charge is -2.33. The lowest BCUT2D eigenvalue weighted by atomic mass is 9.75. The van der Waals surface area contributed by atoms with Gasteiger partial charge in [0.05, 0.1) is 7.11 Å². The van der Waals surface area contributed by atoms with Crippen LogP contribution in [-0.2, 0) is 14.9 Å². The molecule has 0 aliphatic carbocycles. The van der Waals surface area contributed by atoms with Crippen LogP contribution in [0.15, 0.2) is 42.5 Å². The van der Waals surface area contributed by atoms with Crippen molar-refractivity contribution in [3.8, 4) is 5.75 Å². The number of rotatable bonds is 3. The van der Waals surface area contributed by atoms with Crippen molar-refractivity contribution in [1.82, 2.24) is 0 Å². The van der Waals surface area contributed by atoms with Crippen molar-refractivity contribution in [2.24, 2.45) is 0 Å². The number of hydrogen-bond acceptors (Lipinski definition) is 4. The Hall–Kier alpha value is -2.53. The lowest BCUT2D eigenvalue weighted by Crippen LogP contribution is -2.52. The van der Waals surface area contributed by atoms with Crippen LogP contribution in [0.2, 0.25) is 0 Å². The van der Waals surface area contributed by atoms with Crippen molar-refractivity contribution in [2.75, 3.05) is 37.6 Å². The number of hydrogen-bond donors (Lipinski definition) is 0. The molecule has 0 radical (unpaired) electrons. The van der Waals surface area contributed by atoms with Gasteiger partial charge < -0.3 is 19.3 Å². The number of benzene rings is 2. The maximum absolute atomic E-state index is 13.6. The van der Waals surface area contributed by atoms with E-state index in [1.165, 1.54) is 0 Å². The van der Waals surface area contributed by atoms with Crippen LogP contribution in [0, 0.1) is 0 Å². The molecule has 5 heteroatoms. The van der Waals surface area contributed by atoms with Gasteiger partial charge in [0.15, 0.2) is 6.23 Å². The van der Waals surface area contributed by atoms with Crippen molar-refractivity contribution in [3.05, 3.63) is 53.6 Å². The molecule has 0 bridgehead atoms. The van der Waals surface area contributed by atoms with Gasteiger partial charge in [0.2, 0.25) is 5.91 Å². The monoisotopic (exact) mass is 338 g/mol. The van der Waals surface area contributed by atoms with E-state index >= 15 is 0 Å². The minimum absolute atomic E-state index is 0.0683. The fourth-order valence-corrected chi connectivity index (χ4v) is 4.44.